The molecule has 1 fully saturated rings. The van der Waals surface area contributed by atoms with Crippen molar-refractivity contribution in [2.24, 2.45) is 0 Å². The topological polar surface area (TPSA) is 44.7 Å². The van der Waals surface area contributed by atoms with Gasteiger partial charge in [0.2, 0.25) is 0 Å². The number of hydrazine groups is 1. The first-order valence-electron chi connectivity index (χ1n) is 6.24. The molecule has 100 valence electrons. The Balaban J connectivity index is 2.01. The summed E-state index contributed by atoms with van der Waals surface area (Å²) in [5.41, 5.74) is 4.07. The minimum Gasteiger partial charge on any atom is -0.504 e. The van der Waals surface area contributed by atoms with Crippen LogP contribution in [0.25, 0.3) is 0 Å². The quantitative estimate of drug-likeness (QED) is 0.883. The zero-order chi connectivity index (χ0) is 13.0. The molecule has 1 aromatic rings. The molecule has 0 saturated carbocycles. The summed E-state index contributed by atoms with van der Waals surface area (Å²) in [5.74, 6) is 0.573. The third-order valence-corrected chi connectivity index (χ3v) is 3.41. The predicted octanol–water partition coefficient (Wildman–Crippen LogP) is 2.54. The normalized spacial score (nSPS) is 16.8. The van der Waals surface area contributed by atoms with E-state index in [0.717, 1.165) is 18.7 Å². The van der Waals surface area contributed by atoms with Crippen LogP contribution in [-0.2, 0) is 6.54 Å². The standard InChI is InChI=1S/C13H19ClN2O2/c1-18-12-8-11(14)7-10(13(12)17)9-15-16-5-3-2-4-6-16/h7-8,15,17H,2-6,9H2,1H3. The van der Waals surface area contributed by atoms with Gasteiger partial charge in [-0.3, -0.25) is 5.43 Å². The number of aromatic hydroxyl groups is 1. The zero-order valence-corrected chi connectivity index (χ0v) is 11.3. The summed E-state index contributed by atoms with van der Waals surface area (Å²) in [7, 11) is 1.52. The summed E-state index contributed by atoms with van der Waals surface area (Å²) in [5, 5.41) is 12.8. The lowest BCUT2D eigenvalue weighted by Crippen LogP contribution is -2.41. The fourth-order valence-electron chi connectivity index (χ4n) is 2.17. The first-order chi connectivity index (χ1) is 8.70. The third kappa shape index (κ3) is 3.28. The van der Waals surface area contributed by atoms with E-state index in [1.54, 1.807) is 12.1 Å². The molecule has 0 unspecified atom stereocenters. The maximum atomic E-state index is 10.0. The summed E-state index contributed by atoms with van der Waals surface area (Å²) in [6.07, 6.45) is 3.74. The van der Waals surface area contributed by atoms with Crippen LogP contribution < -0.4 is 10.2 Å². The summed E-state index contributed by atoms with van der Waals surface area (Å²) in [6, 6.07) is 3.37. The van der Waals surface area contributed by atoms with Gasteiger partial charge in [-0.1, -0.05) is 18.0 Å². The van der Waals surface area contributed by atoms with E-state index in [1.807, 2.05) is 0 Å². The molecule has 0 atom stereocenters. The molecule has 2 N–H and O–H groups in total. The number of hydrogen-bond donors (Lipinski definition) is 2. The molecule has 1 aromatic carbocycles. The smallest absolute Gasteiger partial charge is 0.162 e. The molecular formula is C13H19ClN2O2. The molecular weight excluding hydrogens is 252 g/mol. The van der Waals surface area contributed by atoms with Crippen molar-refractivity contribution in [1.29, 1.82) is 0 Å². The number of nitrogens with one attached hydrogen (secondary N) is 1. The molecule has 0 aliphatic carbocycles. The number of methoxy groups -OCH3 is 1. The summed E-state index contributed by atoms with van der Waals surface area (Å²) < 4.78 is 5.08. The molecule has 1 saturated heterocycles. The number of ether oxygens (including phenoxy) is 1. The molecule has 1 aliphatic rings. The predicted molar refractivity (Wildman–Crippen MR) is 71.9 cm³/mol. The molecule has 1 heterocycles. The van der Waals surface area contributed by atoms with Gasteiger partial charge in [0.05, 0.1) is 7.11 Å². The Labute approximate surface area is 112 Å². The minimum absolute atomic E-state index is 0.159. The fraction of sp³-hybridized carbons (Fsp3) is 0.538. The second-order valence-electron chi connectivity index (χ2n) is 4.50. The highest BCUT2D eigenvalue weighted by atomic mass is 35.5. The van der Waals surface area contributed by atoms with E-state index in [2.05, 4.69) is 10.4 Å². The van der Waals surface area contributed by atoms with Gasteiger partial charge in [0.25, 0.3) is 0 Å². The van der Waals surface area contributed by atoms with Crippen LogP contribution in [0.2, 0.25) is 5.02 Å². The monoisotopic (exact) mass is 270 g/mol. The number of phenols is 1. The van der Waals surface area contributed by atoms with Crippen LogP contribution in [-0.4, -0.2) is 30.3 Å². The number of benzene rings is 1. The van der Waals surface area contributed by atoms with E-state index in [1.165, 1.54) is 26.4 Å². The van der Waals surface area contributed by atoms with Crippen LogP contribution in [0.5, 0.6) is 11.5 Å². The molecule has 5 heteroatoms. The van der Waals surface area contributed by atoms with Crippen LogP contribution in [0.3, 0.4) is 0 Å². The molecule has 0 bridgehead atoms. The lowest BCUT2D eigenvalue weighted by atomic mass is 10.1. The fourth-order valence-corrected chi connectivity index (χ4v) is 2.40. The summed E-state index contributed by atoms with van der Waals surface area (Å²) in [4.78, 5) is 0. The summed E-state index contributed by atoms with van der Waals surface area (Å²) >= 11 is 5.99. The molecule has 0 aromatic heterocycles. The molecule has 0 radical (unpaired) electrons. The highest BCUT2D eigenvalue weighted by molar-refractivity contribution is 6.30. The van der Waals surface area contributed by atoms with E-state index in [4.69, 9.17) is 16.3 Å². The van der Waals surface area contributed by atoms with Gasteiger partial charge in [-0.2, -0.15) is 0 Å². The summed E-state index contributed by atoms with van der Waals surface area (Å²) in [6.45, 7) is 2.67. The van der Waals surface area contributed by atoms with E-state index in [0.29, 0.717) is 17.3 Å². The number of phenolic OH excluding ortho intramolecular Hbond substituents is 1. The first-order valence-corrected chi connectivity index (χ1v) is 6.62. The lowest BCUT2D eigenvalue weighted by molar-refractivity contribution is 0.150. The number of nitrogens with zero attached hydrogens (tertiary/aromatic N) is 1. The Morgan fingerprint density at radius 3 is 2.72 bits per heavy atom. The highest BCUT2D eigenvalue weighted by Crippen LogP contribution is 2.33. The molecule has 0 amide bonds. The third-order valence-electron chi connectivity index (χ3n) is 3.19. The van der Waals surface area contributed by atoms with Gasteiger partial charge in [-0.25, -0.2) is 5.01 Å². The van der Waals surface area contributed by atoms with Crippen molar-refractivity contribution in [2.75, 3.05) is 20.2 Å². The maximum absolute atomic E-state index is 10.0. The van der Waals surface area contributed by atoms with Gasteiger partial charge in [-0.15, -0.1) is 0 Å². The van der Waals surface area contributed by atoms with Crippen molar-refractivity contribution in [1.82, 2.24) is 10.4 Å². The van der Waals surface area contributed by atoms with Gasteiger partial charge in [0, 0.05) is 36.3 Å². The largest absolute Gasteiger partial charge is 0.504 e. The van der Waals surface area contributed by atoms with Crippen molar-refractivity contribution in [2.45, 2.75) is 25.8 Å². The highest BCUT2D eigenvalue weighted by Gasteiger charge is 2.13. The minimum atomic E-state index is 0.159. The maximum Gasteiger partial charge on any atom is 0.162 e. The number of halogens is 1. The molecule has 2 rings (SSSR count). The van der Waals surface area contributed by atoms with Crippen molar-refractivity contribution in [3.63, 3.8) is 0 Å². The molecule has 0 spiro atoms. The zero-order valence-electron chi connectivity index (χ0n) is 10.6. The van der Waals surface area contributed by atoms with Crippen LogP contribution in [0.1, 0.15) is 24.8 Å². The van der Waals surface area contributed by atoms with E-state index in [-0.39, 0.29) is 5.75 Å². The lowest BCUT2D eigenvalue weighted by Gasteiger charge is -2.27. The van der Waals surface area contributed by atoms with Crippen LogP contribution in [0.15, 0.2) is 12.1 Å². The van der Waals surface area contributed by atoms with E-state index in [9.17, 15) is 5.11 Å². The average Bonchev–Trinajstić information content (AvgIpc) is 2.40. The van der Waals surface area contributed by atoms with E-state index >= 15 is 0 Å². The Morgan fingerprint density at radius 1 is 1.33 bits per heavy atom. The van der Waals surface area contributed by atoms with Crippen LogP contribution in [0.4, 0.5) is 0 Å². The van der Waals surface area contributed by atoms with Gasteiger partial charge in [0.15, 0.2) is 11.5 Å². The number of rotatable bonds is 4. The molecule has 4 nitrogen and oxygen atoms in total. The Morgan fingerprint density at radius 2 is 2.06 bits per heavy atom. The van der Waals surface area contributed by atoms with Crippen molar-refractivity contribution >= 4 is 11.6 Å². The Bertz CT molecular complexity index is 406. The average molecular weight is 271 g/mol. The van der Waals surface area contributed by atoms with Gasteiger partial charge < -0.3 is 9.84 Å². The van der Waals surface area contributed by atoms with Crippen LogP contribution in [0, 0.1) is 0 Å². The number of piperidine rings is 1. The van der Waals surface area contributed by atoms with Crippen molar-refractivity contribution in [3.8, 4) is 11.5 Å². The molecule has 1 aliphatic heterocycles. The number of hydrogen-bond acceptors (Lipinski definition) is 4. The first kappa shape index (κ1) is 13.5. The van der Waals surface area contributed by atoms with E-state index < -0.39 is 0 Å². The SMILES string of the molecule is COc1cc(Cl)cc(CNN2CCCCC2)c1O. The Kier molecular flexibility index (Phi) is 4.69. The second-order valence-corrected chi connectivity index (χ2v) is 4.93. The van der Waals surface area contributed by atoms with Gasteiger partial charge in [0.1, 0.15) is 0 Å². The Hall–Kier alpha value is -0.970. The van der Waals surface area contributed by atoms with Crippen LogP contribution >= 0.6 is 11.6 Å². The van der Waals surface area contributed by atoms with Crippen molar-refractivity contribution in [3.05, 3.63) is 22.7 Å². The van der Waals surface area contributed by atoms with Crippen molar-refractivity contribution < 1.29 is 9.84 Å². The van der Waals surface area contributed by atoms with Gasteiger partial charge in [-0.05, 0) is 18.9 Å². The molecule has 18 heavy (non-hydrogen) atoms. The second kappa shape index (κ2) is 6.27. The van der Waals surface area contributed by atoms with Gasteiger partial charge >= 0.3 is 0 Å².